The van der Waals surface area contributed by atoms with Crippen LogP contribution in [0.2, 0.25) is 0 Å². The zero-order valence-electron chi connectivity index (χ0n) is 19.4. The van der Waals surface area contributed by atoms with Crippen LogP contribution < -0.4 is 4.74 Å². The molecule has 9 heteroatoms. The fourth-order valence-electron chi connectivity index (χ4n) is 4.61. The lowest BCUT2D eigenvalue weighted by molar-refractivity contribution is 0.416. The van der Waals surface area contributed by atoms with Crippen molar-refractivity contribution in [3.8, 4) is 17.1 Å². The predicted octanol–water partition coefficient (Wildman–Crippen LogP) is 5.78. The Bertz CT molecular complexity index is 1400. The van der Waals surface area contributed by atoms with Crippen molar-refractivity contribution in [2.45, 2.75) is 38.6 Å². The highest BCUT2D eigenvalue weighted by Gasteiger charge is 2.28. The van der Waals surface area contributed by atoms with Crippen LogP contribution in [0, 0.1) is 24.4 Å². The number of halogens is 3. The monoisotopic (exact) mass is 479 g/mol. The van der Waals surface area contributed by atoms with Crippen LogP contribution >= 0.6 is 0 Å². The lowest BCUT2D eigenvalue weighted by Gasteiger charge is -2.16. The molecule has 3 heterocycles. The number of nitrogens with one attached hydrogen (secondary N) is 1. The van der Waals surface area contributed by atoms with Crippen molar-refractivity contribution in [2.24, 2.45) is 0 Å². The van der Waals surface area contributed by atoms with Gasteiger partial charge < -0.3 is 14.3 Å². The van der Waals surface area contributed by atoms with Gasteiger partial charge in [-0.25, -0.2) is 18.2 Å². The molecule has 0 radical (unpaired) electrons. The van der Waals surface area contributed by atoms with Gasteiger partial charge in [-0.15, -0.1) is 10.2 Å². The molecule has 1 atom stereocenters. The molecule has 0 fully saturated rings. The second kappa shape index (κ2) is 9.05. The number of aryl methyl sites for hydroxylation is 1. The zero-order chi connectivity index (χ0) is 24.7. The van der Waals surface area contributed by atoms with E-state index in [1.165, 1.54) is 0 Å². The molecule has 4 aromatic rings. The first-order chi connectivity index (χ1) is 16.9. The number of hydrogen-bond donors (Lipinski definition) is 1. The summed E-state index contributed by atoms with van der Waals surface area (Å²) in [6, 6.07) is 7.78. The van der Waals surface area contributed by atoms with E-state index in [1.54, 1.807) is 13.3 Å². The van der Waals surface area contributed by atoms with Gasteiger partial charge in [-0.05, 0) is 55.2 Å². The summed E-state index contributed by atoms with van der Waals surface area (Å²) in [5, 5.41) is 8.77. The Morgan fingerprint density at radius 1 is 1.11 bits per heavy atom. The number of aromatic amines is 1. The van der Waals surface area contributed by atoms with E-state index in [1.807, 2.05) is 29.7 Å². The molecule has 180 valence electrons. The van der Waals surface area contributed by atoms with Gasteiger partial charge in [-0.2, -0.15) is 0 Å². The fourth-order valence-corrected chi connectivity index (χ4v) is 4.61. The quantitative estimate of drug-likeness (QED) is 0.369. The molecule has 0 aliphatic carbocycles. The number of benzene rings is 2. The molecule has 0 spiro atoms. The van der Waals surface area contributed by atoms with E-state index in [0.29, 0.717) is 47.3 Å². The van der Waals surface area contributed by atoms with Crippen molar-refractivity contribution in [1.29, 1.82) is 0 Å². The van der Waals surface area contributed by atoms with Crippen LogP contribution in [0.3, 0.4) is 0 Å². The second-order valence-electron chi connectivity index (χ2n) is 8.69. The third kappa shape index (κ3) is 4.11. The van der Waals surface area contributed by atoms with Crippen LogP contribution in [0.1, 0.15) is 53.7 Å². The molecule has 0 bridgehead atoms. The van der Waals surface area contributed by atoms with Gasteiger partial charge in [0.1, 0.15) is 17.4 Å². The molecule has 35 heavy (non-hydrogen) atoms. The summed E-state index contributed by atoms with van der Waals surface area (Å²) in [4.78, 5) is 7.59. The molecule has 0 saturated heterocycles. The normalized spacial score (nSPS) is 15.5. The van der Waals surface area contributed by atoms with E-state index < -0.39 is 23.4 Å². The third-order valence-electron chi connectivity index (χ3n) is 6.40. The van der Waals surface area contributed by atoms with Crippen LogP contribution in [0.15, 0.2) is 43.1 Å². The first-order valence-corrected chi connectivity index (χ1v) is 11.3. The van der Waals surface area contributed by atoms with E-state index in [9.17, 15) is 13.2 Å². The fraction of sp³-hybridized carbons (Fsp3) is 0.269. The zero-order valence-corrected chi connectivity index (χ0v) is 19.4. The molecule has 0 unspecified atom stereocenters. The lowest BCUT2D eigenvalue weighted by Crippen LogP contribution is -2.11. The van der Waals surface area contributed by atoms with Crippen LogP contribution in [0.4, 0.5) is 13.2 Å². The summed E-state index contributed by atoms with van der Waals surface area (Å²) < 4.78 is 49.0. The smallest absolute Gasteiger partial charge is 0.194 e. The van der Waals surface area contributed by atoms with E-state index in [0.717, 1.165) is 41.8 Å². The number of ether oxygens (including phenoxy) is 1. The lowest BCUT2D eigenvalue weighted by atomic mass is 9.93. The predicted molar refractivity (Wildman–Crippen MR) is 125 cm³/mol. The minimum Gasteiger partial charge on any atom is -0.496 e. The van der Waals surface area contributed by atoms with Gasteiger partial charge in [0.2, 0.25) is 0 Å². The summed E-state index contributed by atoms with van der Waals surface area (Å²) in [6.45, 7) is 6.82. The molecular weight excluding hydrogens is 455 g/mol. The molecule has 2 aromatic heterocycles. The van der Waals surface area contributed by atoms with Crippen molar-refractivity contribution in [2.75, 3.05) is 7.11 Å². The number of H-pyrrole nitrogens is 1. The molecule has 0 amide bonds. The standard InChI is InChI=1S/C26H24F3N5O/c1-14-13-30-24(31-14)19-8-7-16(12-22(19)35-3)15(2)25-32-33-26-18(6-4-5-9-34(25)26)17-10-20(27)23(29)21(28)11-17/h7-8,10-13,18H,2,4-6,9H2,1,3H3,(H,30,31)/t18-/m0/s1. The molecule has 6 nitrogen and oxygen atoms in total. The number of imidazole rings is 1. The van der Waals surface area contributed by atoms with E-state index in [4.69, 9.17) is 4.74 Å². The van der Waals surface area contributed by atoms with Gasteiger partial charge in [0.05, 0.1) is 12.7 Å². The van der Waals surface area contributed by atoms with Crippen molar-refractivity contribution < 1.29 is 17.9 Å². The number of rotatable bonds is 5. The highest BCUT2D eigenvalue weighted by atomic mass is 19.2. The van der Waals surface area contributed by atoms with Crippen molar-refractivity contribution >= 4 is 5.57 Å². The Balaban J connectivity index is 1.52. The van der Waals surface area contributed by atoms with Crippen LogP contribution in [0.25, 0.3) is 17.0 Å². The average Bonchev–Trinajstić information content (AvgIpc) is 3.41. The summed E-state index contributed by atoms with van der Waals surface area (Å²) in [5.74, 6) is -1.82. The van der Waals surface area contributed by atoms with Gasteiger partial charge >= 0.3 is 0 Å². The maximum Gasteiger partial charge on any atom is 0.194 e. The first kappa shape index (κ1) is 22.9. The number of hydrogen-bond acceptors (Lipinski definition) is 4. The average molecular weight is 480 g/mol. The van der Waals surface area contributed by atoms with E-state index >= 15 is 0 Å². The summed E-state index contributed by atoms with van der Waals surface area (Å²) in [5.41, 5.74) is 3.54. The molecule has 1 aliphatic heterocycles. The minimum absolute atomic E-state index is 0.342. The van der Waals surface area contributed by atoms with Gasteiger partial charge in [0, 0.05) is 29.9 Å². The molecule has 1 aliphatic rings. The Morgan fingerprint density at radius 3 is 2.57 bits per heavy atom. The number of methoxy groups -OCH3 is 1. The SMILES string of the molecule is C=C(c1ccc(-c2ncc(C)[nH]2)c(OC)c1)c1nnc2n1CCCC[C@H]2c1cc(F)c(F)c(F)c1. The highest BCUT2D eigenvalue weighted by molar-refractivity contribution is 5.78. The Kier molecular flexibility index (Phi) is 5.92. The van der Waals surface area contributed by atoms with Gasteiger partial charge in [-0.1, -0.05) is 19.1 Å². The van der Waals surface area contributed by atoms with Crippen molar-refractivity contribution in [3.05, 3.63) is 89.0 Å². The summed E-state index contributed by atoms with van der Waals surface area (Å²) in [7, 11) is 1.59. The number of nitrogens with zero attached hydrogens (tertiary/aromatic N) is 4. The highest BCUT2D eigenvalue weighted by Crippen LogP contribution is 2.36. The summed E-state index contributed by atoms with van der Waals surface area (Å²) >= 11 is 0. The molecule has 1 N–H and O–H groups in total. The van der Waals surface area contributed by atoms with Crippen LogP contribution in [0.5, 0.6) is 5.75 Å². The maximum atomic E-state index is 14.0. The summed E-state index contributed by atoms with van der Waals surface area (Å²) in [6.07, 6.45) is 4.04. The van der Waals surface area contributed by atoms with E-state index in [2.05, 4.69) is 26.7 Å². The molecular formula is C26H24F3N5O. The van der Waals surface area contributed by atoms with Crippen molar-refractivity contribution in [3.63, 3.8) is 0 Å². The second-order valence-corrected chi connectivity index (χ2v) is 8.69. The Labute approximate surface area is 200 Å². The molecule has 0 saturated carbocycles. The Hall–Kier alpha value is -3.88. The van der Waals surface area contributed by atoms with Gasteiger partial charge in [0.25, 0.3) is 0 Å². The minimum atomic E-state index is -1.47. The first-order valence-electron chi connectivity index (χ1n) is 11.3. The van der Waals surface area contributed by atoms with E-state index in [-0.39, 0.29) is 0 Å². The van der Waals surface area contributed by atoms with Gasteiger partial charge in [-0.3, -0.25) is 0 Å². The third-order valence-corrected chi connectivity index (χ3v) is 6.40. The largest absolute Gasteiger partial charge is 0.496 e. The number of fused-ring (bicyclic) bond motifs is 1. The van der Waals surface area contributed by atoms with Gasteiger partial charge in [0.15, 0.2) is 23.3 Å². The maximum absolute atomic E-state index is 14.0. The topological polar surface area (TPSA) is 68.6 Å². The van der Waals surface area contributed by atoms with Crippen LogP contribution in [-0.2, 0) is 6.54 Å². The number of aromatic nitrogens is 5. The molecule has 5 rings (SSSR count). The van der Waals surface area contributed by atoms with Crippen LogP contribution in [-0.4, -0.2) is 31.8 Å². The van der Waals surface area contributed by atoms with Crippen molar-refractivity contribution in [1.82, 2.24) is 24.7 Å². The Morgan fingerprint density at radius 2 is 1.89 bits per heavy atom. The molecule has 2 aromatic carbocycles.